The maximum absolute atomic E-state index is 12.3. The van der Waals surface area contributed by atoms with Gasteiger partial charge in [-0.3, -0.25) is 4.31 Å². The molecule has 0 heterocycles. The van der Waals surface area contributed by atoms with Crippen molar-refractivity contribution in [3.8, 4) is 0 Å². The molecule has 8 nitrogen and oxygen atoms in total. The lowest BCUT2D eigenvalue weighted by Crippen LogP contribution is -2.32. The molecule has 0 aromatic heterocycles. The second-order valence-corrected chi connectivity index (χ2v) is 8.85. The minimum absolute atomic E-state index is 0.105. The van der Waals surface area contributed by atoms with E-state index in [0.717, 1.165) is 10.6 Å². The van der Waals surface area contributed by atoms with Crippen LogP contribution in [-0.2, 0) is 24.8 Å². The monoisotopic (exact) mass is 363 g/mol. The van der Waals surface area contributed by atoms with Gasteiger partial charge in [0.2, 0.25) is 20.0 Å². The first-order chi connectivity index (χ1) is 10.4. The Morgan fingerprint density at radius 2 is 1.78 bits per heavy atom. The molecule has 0 saturated heterocycles. The molecule has 10 heteroatoms. The number of nitrogens with zero attached hydrogens (tertiary/aromatic N) is 1. The predicted molar refractivity (Wildman–Crippen MR) is 84.0 cm³/mol. The van der Waals surface area contributed by atoms with E-state index in [0.29, 0.717) is 5.56 Å². The van der Waals surface area contributed by atoms with Crippen molar-refractivity contribution in [3.63, 3.8) is 0 Å². The van der Waals surface area contributed by atoms with Gasteiger partial charge in [-0.1, -0.05) is 6.07 Å². The first kappa shape index (κ1) is 19.4. The average molecular weight is 363 g/mol. The first-order valence-electron chi connectivity index (χ1n) is 6.61. The standard InChI is InChI=1S/C13H20N2O6S2/c1-9-5-6-11(23(20,21)14-8-7-12(16)17)10(2)13(9)15(3)22(4,18)19/h5-6,14H,7-8H2,1-4H3,(H,16,17)/p-1. The van der Waals surface area contributed by atoms with Crippen molar-refractivity contribution in [2.75, 3.05) is 24.2 Å². The summed E-state index contributed by atoms with van der Waals surface area (Å²) in [6.45, 7) is 2.86. The highest BCUT2D eigenvalue weighted by Gasteiger charge is 2.23. The number of aryl methyl sites for hydroxylation is 1. The summed E-state index contributed by atoms with van der Waals surface area (Å²) in [7, 11) is -6.19. The number of benzene rings is 1. The molecular weight excluding hydrogens is 344 g/mol. The Bertz CT molecular complexity index is 815. The van der Waals surface area contributed by atoms with Crippen LogP contribution in [0.2, 0.25) is 0 Å². The van der Waals surface area contributed by atoms with Crippen molar-refractivity contribution in [2.24, 2.45) is 0 Å². The third-order valence-electron chi connectivity index (χ3n) is 3.31. The van der Waals surface area contributed by atoms with E-state index in [2.05, 4.69) is 4.72 Å². The van der Waals surface area contributed by atoms with Gasteiger partial charge in [0.1, 0.15) is 0 Å². The molecule has 0 aliphatic carbocycles. The van der Waals surface area contributed by atoms with E-state index < -0.39 is 32.4 Å². The van der Waals surface area contributed by atoms with Gasteiger partial charge in [0.15, 0.2) is 0 Å². The number of carbonyl (C=O) groups excluding carboxylic acids is 1. The van der Waals surface area contributed by atoms with E-state index in [9.17, 15) is 26.7 Å². The smallest absolute Gasteiger partial charge is 0.240 e. The van der Waals surface area contributed by atoms with E-state index in [1.165, 1.54) is 26.1 Å². The average Bonchev–Trinajstić information content (AvgIpc) is 2.36. The summed E-state index contributed by atoms with van der Waals surface area (Å²) >= 11 is 0. The molecule has 0 aliphatic rings. The Labute approximate surface area is 136 Å². The third kappa shape index (κ3) is 4.66. The Morgan fingerprint density at radius 3 is 2.26 bits per heavy atom. The quantitative estimate of drug-likeness (QED) is 0.671. The summed E-state index contributed by atoms with van der Waals surface area (Å²) in [5.74, 6) is -1.37. The number of carbonyl (C=O) groups is 1. The number of carboxylic acid groups (broad SMARTS) is 1. The van der Waals surface area contributed by atoms with Gasteiger partial charge in [0.05, 0.1) is 16.8 Å². The Morgan fingerprint density at radius 1 is 1.22 bits per heavy atom. The number of carboxylic acids is 1. The number of sulfonamides is 2. The third-order valence-corrected chi connectivity index (χ3v) is 6.09. The Hall–Kier alpha value is -1.65. The largest absolute Gasteiger partial charge is 0.550 e. The lowest BCUT2D eigenvalue weighted by atomic mass is 10.1. The van der Waals surface area contributed by atoms with Crippen molar-refractivity contribution < 1.29 is 26.7 Å². The second kappa shape index (κ2) is 6.85. The van der Waals surface area contributed by atoms with Crippen molar-refractivity contribution in [3.05, 3.63) is 23.3 Å². The zero-order valence-corrected chi connectivity index (χ0v) is 14.9. The van der Waals surface area contributed by atoms with Crippen LogP contribution in [0.1, 0.15) is 17.5 Å². The zero-order valence-electron chi connectivity index (χ0n) is 13.3. The molecule has 0 unspecified atom stereocenters. The number of aliphatic carboxylic acids is 1. The van der Waals surface area contributed by atoms with Gasteiger partial charge in [-0.2, -0.15) is 0 Å². The molecule has 130 valence electrons. The van der Waals surface area contributed by atoms with Crippen LogP contribution in [0.5, 0.6) is 0 Å². The fourth-order valence-electron chi connectivity index (χ4n) is 2.12. The normalized spacial score (nSPS) is 12.2. The topological polar surface area (TPSA) is 124 Å². The molecule has 0 bridgehead atoms. The van der Waals surface area contributed by atoms with Gasteiger partial charge in [0, 0.05) is 26.0 Å². The Balaban J connectivity index is 3.33. The van der Waals surface area contributed by atoms with Crippen molar-refractivity contribution in [1.82, 2.24) is 4.72 Å². The molecule has 1 aromatic rings. The van der Waals surface area contributed by atoms with Crippen LogP contribution in [0.15, 0.2) is 17.0 Å². The van der Waals surface area contributed by atoms with Crippen LogP contribution >= 0.6 is 0 Å². The summed E-state index contributed by atoms with van der Waals surface area (Å²) in [4.78, 5) is 10.3. The molecule has 0 fully saturated rings. The molecule has 1 N–H and O–H groups in total. The molecule has 0 saturated carbocycles. The van der Waals surface area contributed by atoms with Gasteiger partial charge in [-0.15, -0.1) is 0 Å². The van der Waals surface area contributed by atoms with Gasteiger partial charge >= 0.3 is 0 Å². The number of anilines is 1. The number of hydrogen-bond acceptors (Lipinski definition) is 6. The van der Waals surface area contributed by atoms with Crippen molar-refractivity contribution >= 4 is 31.7 Å². The lowest BCUT2D eigenvalue weighted by Gasteiger charge is -2.23. The van der Waals surface area contributed by atoms with Gasteiger partial charge in [0.25, 0.3) is 0 Å². The van der Waals surface area contributed by atoms with E-state index in [4.69, 9.17) is 0 Å². The minimum Gasteiger partial charge on any atom is -0.550 e. The highest BCUT2D eigenvalue weighted by Crippen LogP contribution is 2.30. The lowest BCUT2D eigenvalue weighted by molar-refractivity contribution is -0.305. The van der Waals surface area contributed by atoms with Crippen LogP contribution in [-0.4, -0.2) is 42.7 Å². The fourth-order valence-corrected chi connectivity index (χ4v) is 4.01. The molecule has 0 amide bonds. The van der Waals surface area contributed by atoms with Crippen LogP contribution in [0.4, 0.5) is 5.69 Å². The highest BCUT2D eigenvalue weighted by atomic mass is 32.2. The van der Waals surface area contributed by atoms with Crippen LogP contribution < -0.4 is 14.1 Å². The summed E-state index contributed by atoms with van der Waals surface area (Å²) in [6, 6.07) is 2.85. The van der Waals surface area contributed by atoms with Crippen molar-refractivity contribution in [2.45, 2.75) is 25.2 Å². The maximum atomic E-state index is 12.3. The molecule has 0 aliphatic heterocycles. The van der Waals surface area contributed by atoms with Gasteiger partial charge < -0.3 is 9.90 Å². The van der Waals surface area contributed by atoms with Gasteiger partial charge in [-0.05, 0) is 31.0 Å². The summed E-state index contributed by atoms with van der Waals surface area (Å²) in [5, 5.41) is 10.4. The van der Waals surface area contributed by atoms with E-state index in [1.54, 1.807) is 6.92 Å². The van der Waals surface area contributed by atoms with Crippen LogP contribution in [0.3, 0.4) is 0 Å². The van der Waals surface area contributed by atoms with Crippen LogP contribution in [0, 0.1) is 13.8 Å². The van der Waals surface area contributed by atoms with Gasteiger partial charge in [-0.25, -0.2) is 21.6 Å². The predicted octanol–water partition coefficient (Wildman–Crippen LogP) is -0.882. The second-order valence-electron chi connectivity index (χ2n) is 5.10. The molecular formula is C13H19N2O6S2-. The van der Waals surface area contributed by atoms with E-state index in [1.807, 2.05) is 0 Å². The van der Waals surface area contributed by atoms with Crippen molar-refractivity contribution in [1.29, 1.82) is 0 Å². The first-order valence-corrected chi connectivity index (χ1v) is 9.94. The number of rotatable bonds is 7. The molecule has 0 radical (unpaired) electrons. The molecule has 0 atom stereocenters. The van der Waals surface area contributed by atoms with E-state index in [-0.39, 0.29) is 22.7 Å². The molecule has 0 spiro atoms. The summed E-state index contributed by atoms with van der Waals surface area (Å²) in [6.07, 6.45) is 0.561. The maximum Gasteiger partial charge on any atom is 0.240 e. The molecule has 1 aromatic carbocycles. The Kier molecular flexibility index (Phi) is 5.78. The number of nitrogens with one attached hydrogen (secondary N) is 1. The summed E-state index contributed by atoms with van der Waals surface area (Å²) in [5.41, 5.74) is 1.14. The fraction of sp³-hybridized carbons (Fsp3) is 0.462. The van der Waals surface area contributed by atoms with Crippen LogP contribution in [0.25, 0.3) is 0 Å². The zero-order chi connectivity index (χ0) is 18.0. The number of hydrogen-bond donors (Lipinski definition) is 1. The summed E-state index contributed by atoms with van der Waals surface area (Å²) < 4.78 is 51.2. The van der Waals surface area contributed by atoms with E-state index >= 15 is 0 Å². The molecule has 1 rings (SSSR count). The minimum atomic E-state index is -3.97. The highest BCUT2D eigenvalue weighted by molar-refractivity contribution is 7.92. The SMILES string of the molecule is Cc1ccc(S(=O)(=O)NCCC(=O)[O-])c(C)c1N(C)S(C)(=O)=O. The molecule has 23 heavy (non-hydrogen) atoms.